The molecule has 0 spiro atoms. The number of rotatable bonds is 4. The summed E-state index contributed by atoms with van der Waals surface area (Å²) in [5, 5.41) is 2.49. The molecule has 4 heterocycles. The van der Waals surface area contributed by atoms with Gasteiger partial charge >= 0.3 is 0 Å². The van der Waals surface area contributed by atoms with Crippen LogP contribution in [0.4, 0.5) is 5.82 Å². The molecule has 1 saturated heterocycles. The van der Waals surface area contributed by atoms with Crippen molar-refractivity contribution in [1.29, 1.82) is 0 Å². The Labute approximate surface area is 164 Å². The molecule has 1 fully saturated rings. The zero-order chi connectivity index (χ0) is 18.8. The highest BCUT2D eigenvalue weighted by atomic mass is 15.2. The molecule has 4 aromatic rings. The number of nitrogens with zero attached hydrogens (tertiary/aromatic N) is 5. The monoisotopic (exact) mass is 369 g/mol. The molecule has 28 heavy (non-hydrogen) atoms. The maximum absolute atomic E-state index is 4.69. The van der Waals surface area contributed by atoms with Crippen LogP contribution in [0.1, 0.15) is 30.3 Å². The molecule has 3 aromatic heterocycles. The Hall–Kier alpha value is -3.21. The van der Waals surface area contributed by atoms with Crippen molar-refractivity contribution >= 4 is 16.6 Å². The number of hydrogen-bond acceptors (Lipinski definition) is 4. The van der Waals surface area contributed by atoms with Gasteiger partial charge in [-0.2, -0.15) is 0 Å². The van der Waals surface area contributed by atoms with E-state index >= 15 is 0 Å². The minimum Gasteiger partial charge on any atom is -0.356 e. The van der Waals surface area contributed by atoms with E-state index in [-0.39, 0.29) is 0 Å². The van der Waals surface area contributed by atoms with Crippen LogP contribution in [0.15, 0.2) is 73.3 Å². The smallest absolute Gasteiger partial charge is 0.136 e. The zero-order valence-corrected chi connectivity index (χ0v) is 15.8. The first kappa shape index (κ1) is 16.9. The molecule has 0 radical (unpaired) electrons. The highest BCUT2D eigenvalue weighted by Crippen LogP contribution is 2.32. The van der Waals surface area contributed by atoms with Crippen molar-refractivity contribution < 1.29 is 0 Å². The molecule has 0 atom stereocenters. The van der Waals surface area contributed by atoms with Crippen molar-refractivity contribution in [3.63, 3.8) is 0 Å². The van der Waals surface area contributed by atoms with Gasteiger partial charge in [0.15, 0.2) is 0 Å². The summed E-state index contributed by atoms with van der Waals surface area (Å²) in [5.74, 6) is 2.76. The SMILES string of the molecule is c1ccc(Cn2ccnc2C2CCN(c3nccc4ccccc34)CC2)nc1. The Morgan fingerprint density at radius 3 is 2.54 bits per heavy atom. The van der Waals surface area contributed by atoms with Crippen molar-refractivity contribution in [2.45, 2.75) is 25.3 Å². The minimum absolute atomic E-state index is 0.477. The average Bonchev–Trinajstić information content (AvgIpc) is 3.22. The lowest BCUT2D eigenvalue weighted by Gasteiger charge is -2.33. The van der Waals surface area contributed by atoms with Gasteiger partial charge in [-0.05, 0) is 36.4 Å². The second-order valence-corrected chi connectivity index (χ2v) is 7.35. The summed E-state index contributed by atoms with van der Waals surface area (Å²) in [6, 6.07) is 16.6. The van der Waals surface area contributed by atoms with Crippen LogP contribution in [0.3, 0.4) is 0 Å². The van der Waals surface area contributed by atoms with Crippen molar-refractivity contribution in [2.75, 3.05) is 18.0 Å². The predicted octanol–water partition coefficient (Wildman–Crippen LogP) is 4.26. The molecule has 5 nitrogen and oxygen atoms in total. The average molecular weight is 369 g/mol. The molecule has 0 unspecified atom stereocenters. The Morgan fingerprint density at radius 2 is 1.68 bits per heavy atom. The molecule has 0 bridgehead atoms. The molecule has 0 N–H and O–H groups in total. The molecule has 5 heteroatoms. The van der Waals surface area contributed by atoms with Gasteiger partial charge in [0.1, 0.15) is 11.6 Å². The zero-order valence-electron chi connectivity index (χ0n) is 15.8. The van der Waals surface area contributed by atoms with Crippen LogP contribution >= 0.6 is 0 Å². The molecule has 0 amide bonds. The lowest BCUT2D eigenvalue weighted by Crippen LogP contribution is -2.34. The van der Waals surface area contributed by atoms with Crippen LogP contribution in [-0.2, 0) is 6.54 Å². The van der Waals surface area contributed by atoms with E-state index in [4.69, 9.17) is 0 Å². The lowest BCUT2D eigenvalue weighted by atomic mass is 9.95. The van der Waals surface area contributed by atoms with Gasteiger partial charge in [-0.1, -0.05) is 30.3 Å². The van der Waals surface area contributed by atoms with E-state index in [0.717, 1.165) is 44.0 Å². The first-order chi connectivity index (χ1) is 13.9. The second kappa shape index (κ2) is 7.43. The predicted molar refractivity (Wildman–Crippen MR) is 111 cm³/mol. The molecule has 5 rings (SSSR count). The Bertz CT molecular complexity index is 1060. The van der Waals surface area contributed by atoms with E-state index in [1.165, 1.54) is 16.6 Å². The molecule has 1 aliphatic heterocycles. The van der Waals surface area contributed by atoms with E-state index in [1.54, 1.807) is 0 Å². The fourth-order valence-electron chi connectivity index (χ4n) is 4.19. The maximum Gasteiger partial charge on any atom is 0.136 e. The molecular formula is C23H23N5. The van der Waals surface area contributed by atoms with Crippen molar-refractivity contribution in [2.24, 2.45) is 0 Å². The van der Waals surface area contributed by atoms with E-state index in [2.05, 4.69) is 67.0 Å². The molecule has 140 valence electrons. The molecule has 1 aliphatic rings. The summed E-state index contributed by atoms with van der Waals surface area (Å²) in [6.45, 7) is 2.78. The van der Waals surface area contributed by atoms with Gasteiger partial charge < -0.3 is 9.47 Å². The standard InChI is InChI=1S/C23H23N5/c1-2-7-21-18(5-1)8-12-25-23(21)27-14-9-19(10-15-27)22-26-13-16-28(22)17-20-6-3-4-11-24-20/h1-8,11-13,16,19H,9-10,14-15,17H2. The van der Waals surface area contributed by atoms with E-state index in [0.29, 0.717) is 5.92 Å². The Balaban J connectivity index is 1.32. The van der Waals surface area contributed by atoms with Crippen molar-refractivity contribution in [3.8, 4) is 0 Å². The lowest BCUT2D eigenvalue weighted by molar-refractivity contribution is 0.468. The normalized spacial score (nSPS) is 15.2. The topological polar surface area (TPSA) is 46.8 Å². The number of aromatic nitrogens is 4. The summed E-state index contributed by atoms with van der Waals surface area (Å²) >= 11 is 0. The maximum atomic E-state index is 4.69. The van der Waals surface area contributed by atoms with Crippen molar-refractivity contribution in [1.82, 2.24) is 19.5 Å². The largest absolute Gasteiger partial charge is 0.356 e. The van der Waals surface area contributed by atoms with Gasteiger partial charge in [-0.15, -0.1) is 0 Å². The van der Waals surface area contributed by atoms with Gasteiger partial charge in [-0.25, -0.2) is 9.97 Å². The second-order valence-electron chi connectivity index (χ2n) is 7.35. The third kappa shape index (κ3) is 3.24. The van der Waals surface area contributed by atoms with Crippen LogP contribution in [0.25, 0.3) is 10.8 Å². The third-order valence-electron chi connectivity index (χ3n) is 5.62. The van der Waals surface area contributed by atoms with E-state index in [9.17, 15) is 0 Å². The fraction of sp³-hybridized carbons (Fsp3) is 0.261. The molecule has 1 aromatic carbocycles. The van der Waals surface area contributed by atoms with Gasteiger partial charge in [0.25, 0.3) is 0 Å². The van der Waals surface area contributed by atoms with Crippen LogP contribution in [0, 0.1) is 0 Å². The molecular weight excluding hydrogens is 346 g/mol. The minimum atomic E-state index is 0.477. The van der Waals surface area contributed by atoms with Gasteiger partial charge in [0.05, 0.1) is 12.2 Å². The Kier molecular flexibility index (Phi) is 4.49. The summed E-state index contributed by atoms with van der Waals surface area (Å²) < 4.78 is 2.25. The number of anilines is 1. The van der Waals surface area contributed by atoms with Gasteiger partial charge in [0, 0.05) is 49.2 Å². The van der Waals surface area contributed by atoms with E-state index in [1.807, 2.05) is 30.7 Å². The van der Waals surface area contributed by atoms with Crippen LogP contribution in [-0.4, -0.2) is 32.6 Å². The van der Waals surface area contributed by atoms with Crippen LogP contribution in [0.2, 0.25) is 0 Å². The number of pyridine rings is 2. The number of piperidine rings is 1. The van der Waals surface area contributed by atoms with Crippen molar-refractivity contribution in [3.05, 3.63) is 84.8 Å². The van der Waals surface area contributed by atoms with Crippen LogP contribution in [0.5, 0.6) is 0 Å². The number of fused-ring (bicyclic) bond motifs is 1. The van der Waals surface area contributed by atoms with E-state index < -0.39 is 0 Å². The summed E-state index contributed by atoms with van der Waals surface area (Å²) in [7, 11) is 0. The summed E-state index contributed by atoms with van der Waals surface area (Å²) in [6.07, 6.45) is 9.93. The van der Waals surface area contributed by atoms with Gasteiger partial charge in [0.2, 0.25) is 0 Å². The highest BCUT2D eigenvalue weighted by molar-refractivity contribution is 5.92. The number of imidazole rings is 1. The summed E-state index contributed by atoms with van der Waals surface area (Å²) in [4.78, 5) is 16.3. The Morgan fingerprint density at radius 1 is 0.821 bits per heavy atom. The summed E-state index contributed by atoms with van der Waals surface area (Å²) in [5.41, 5.74) is 1.07. The highest BCUT2D eigenvalue weighted by Gasteiger charge is 2.25. The molecule has 0 aliphatic carbocycles. The number of benzene rings is 1. The first-order valence-electron chi connectivity index (χ1n) is 9.88. The van der Waals surface area contributed by atoms with Gasteiger partial charge in [-0.3, -0.25) is 4.98 Å². The van der Waals surface area contributed by atoms with Crippen LogP contribution < -0.4 is 4.90 Å². The fourth-order valence-corrected chi connectivity index (χ4v) is 4.19. The first-order valence-corrected chi connectivity index (χ1v) is 9.88. The molecule has 0 saturated carbocycles. The quantitative estimate of drug-likeness (QED) is 0.539. The third-order valence-corrected chi connectivity index (χ3v) is 5.62. The number of hydrogen-bond donors (Lipinski definition) is 0.